The third kappa shape index (κ3) is 4.65. The summed E-state index contributed by atoms with van der Waals surface area (Å²) in [6.45, 7) is -0.169. The molecule has 2 amide bonds. The Morgan fingerprint density at radius 3 is 1.96 bits per heavy atom. The second kappa shape index (κ2) is 8.36. The monoisotopic (exact) mass is 427 g/mol. The number of halogens is 1. The number of para-hydroxylation sites is 2. The zero-order valence-corrected chi connectivity index (χ0v) is 15.3. The molecule has 2 aliphatic heterocycles. The van der Waals surface area contributed by atoms with Gasteiger partial charge in [0.25, 0.3) is 20.9 Å². The van der Waals surface area contributed by atoms with Crippen molar-refractivity contribution in [3.63, 3.8) is 0 Å². The Bertz CT molecular complexity index is 1030. The van der Waals surface area contributed by atoms with E-state index >= 15 is 0 Å². The number of carbonyl (C=O) groups excluding carboxylic acids is 2. The van der Waals surface area contributed by atoms with E-state index in [-0.39, 0.29) is 43.1 Å². The highest BCUT2D eigenvalue weighted by molar-refractivity contribution is 8.13. The van der Waals surface area contributed by atoms with Crippen LogP contribution in [0.25, 0.3) is 0 Å². The normalized spacial score (nSPS) is 14.3. The van der Waals surface area contributed by atoms with Crippen molar-refractivity contribution in [1.29, 1.82) is 0 Å². The van der Waals surface area contributed by atoms with Crippen molar-refractivity contribution in [1.82, 2.24) is 0 Å². The van der Waals surface area contributed by atoms with Crippen molar-refractivity contribution in [2.75, 3.05) is 29.6 Å². The number of hydrogen-bond donors (Lipinski definition) is 3. The first kappa shape index (κ1) is 21.3. The SMILES string of the molecule is C.Nc1cccc2c1OCC(=O)N2.O=C1COc2c(cccc2S(=O)(=O)Cl)N1. The lowest BCUT2D eigenvalue weighted by atomic mass is 10.2. The van der Waals surface area contributed by atoms with Gasteiger partial charge in [-0.1, -0.05) is 19.6 Å². The molecule has 0 bridgehead atoms. The first-order valence-electron chi connectivity index (χ1n) is 7.57. The van der Waals surface area contributed by atoms with E-state index in [4.69, 9.17) is 25.9 Å². The van der Waals surface area contributed by atoms with Gasteiger partial charge in [0, 0.05) is 10.7 Å². The summed E-state index contributed by atoms with van der Waals surface area (Å²) in [6.07, 6.45) is 0. The average Bonchev–Trinajstić information content (AvgIpc) is 2.60. The molecule has 9 nitrogen and oxygen atoms in total. The molecule has 2 aliphatic rings. The maximum Gasteiger partial charge on any atom is 0.265 e. The molecule has 0 saturated carbocycles. The van der Waals surface area contributed by atoms with Crippen LogP contribution in [0.2, 0.25) is 0 Å². The number of nitrogens with two attached hydrogens (primary N) is 1. The second-order valence-corrected chi connectivity index (χ2v) is 8.00. The van der Waals surface area contributed by atoms with E-state index in [2.05, 4.69) is 10.6 Å². The van der Waals surface area contributed by atoms with Crippen molar-refractivity contribution in [2.24, 2.45) is 0 Å². The van der Waals surface area contributed by atoms with Crippen LogP contribution in [0.5, 0.6) is 11.5 Å². The summed E-state index contributed by atoms with van der Waals surface area (Å²) in [6, 6.07) is 9.59. The van der Waals surface area contributed by atoms with Gasteiger partial charge in [0.15, 0.2) is 24.7 Å². The van der Waals surface area contributed by atoms with Gasteiger partial charge < -0.3 is 25.8 Å². The van der Waals surface area contributed by atoms with Crippen LogP contribution in [0.1, 0.15) is 7.43 Å². The van der Waals surface area contributed by atoms with Gasteiger partial charge in [-0.2, -0.15) is 0 Å². The van der Waals surface area contributed by atoms with Gasteiger partial charge in [0.1, 0.15) is 4.90 Å². The Labute approximate surface area is 166 Å². The van der Waals surface area contributed by atoms with E-state index in [1.807, 2.05) is 0 Å². The van der Waals surface area contributed by atoms with E-state index in [1.165, 1.54) is 18.2 Å². The predicted octanol–water partition coefficient (Wildman–Crippen LogP) is 2.18. The smallest absolute Gasteiger partial charge is 0.265 e. The van der Waals surface area contributed by atoms with E-state index in [0.717, 1.165) is 0 Å². The summed E-state index contributed by atoms with van der Waals surface area (Å²) >= 11 is 0. The van der Waals surface area contributed by atoms with Crippen LogP contribution in [0.15, 0.2) is 41.3 Å². The van der Waals surface area contributed by atoms with Gasteiger partial charge in [-0.05, 0) is 24.3 Å². The number of ether oxygens (including phenoxy) is 2. The van der Waals surface area contributed by atoms with Crippen LogP contribution in [-0.2, 0) is 18.6 Å². The molecule has 0 saturated heterocycles. The fourth-order valence-electron chi connectivity index (χ4n) is 2.42. The Morgan fingerprint density at radius 2 is 1.39 bits per heavy atom. The van der Waals surface area contributed by atoms with Crippen LogP contribution in [0.4, 0.5) is 17.1 Å². The fraction of sp³-hybridized carbons (Fsp3) is 0.176. The van der Waals surface area contributed by atoms with E-state index < -0.39 is 9.05 Å². The summed E-state index contributed by atoms with van der Waals surface area (Å²) in [7, 11) is 1.35. The quantitative estimate of drug-likeness (QED) is 0.468. The van der Waals surface area contributed by atoms with Crippen molar-refractivity contribution in [3.05, 3.63) is 36.4 Å². The van der Waals surface area contributed by atoms with E-state index in [0.29, 0.717) is 22.8 Å². The standard InChI is InChI=1S/C8H6ClNO4S.C8H8N2O2.CH4/c9-15(12,13)6-3-1-2-5-8(6)14-4-7(11)10-5;9-5-2-1-3-6-8(5)12-4-7(11)10-6;/h1-3H,4H2,(H,10,11);1-3H,4,9H2,(H,10,11);1H4. The topological polar surface area (TPSA) is 137 Å². The van der Waals surface area contributed by atoms with Crippen LogP contribution in [0.3, 0.4) is 0 Å². The Balaban J connectivity index is 0.000000198. The maximum atomic E-state index is 11.2. The molecule has 2 aromatic rings. The summed E-state index contributed by atoms with van der Waals surface area (Å²) in [4.78, 5) is 21.7. The molecule has 28 heavy (non-hydrogen) atoms. The first-order valence-corrected chi connectivity index (χ1v) is 9.88. The highest BCUT2D eigenvalue weighted by Crippen LogP contribution is 2.36. The summed E-state index contributed by atoms with van der Waals surface area (Å²) in [5.74, 6) is 0.184. The van der Waals surface area contributed by atoms with Crippen LogP contribution in [-0.4, -0.2) is 33.4 Å². The number of nitrogens with one attached hydrogen (secondary N) is 2. The third-order valence-electron chi connectivity index (χ3n) is 3.53. The van der Waals surface area contributed by atoms with Gasteiger partial charge in [-0.15, -0.1) is 0 Å². The number of amides is 2. The molecular weight excluding hydrogens is 410 g/mol. The molecule has 0 fully saturated rings. The largest absolute Gasteiger partial charge is 0.480 e. The number of hydrogen-bond acceptors (Lipinski definition) is 7. The second-order valence-electron chi connectivity index (χ2n) is 5.47. The Morgan fingerprint density at radius 1 is 0.893 bits per heavy atom. The van der Waals surface area contributed by atoms with Gasteiger partial charge in [0.05, 0.1) is 17.1 Å². The van der Waals surface area contributed by atoms with E-state index in [1.54, 1.807) is 18.2 Å². The molecule has 0 spiro atoms. The molecule has 0 unspecified atom stereocenters. The lowest BCUT2D eigenvalue weighted by Crippen LogP contribution is -2.26. The Kier molecular flexibility index (Phi) is 6.37. The van der Waals surface area contributed by atoms with Crippen molar-refractivity contribution in [2.45, 2.75) is 12.3 Å². The molecule has 2 aromatic carbocycles. The molecule has 4 rings (SSSR count). The highest BCUT2D eigenvalue weighted by atomic mass is 35.7. The minimum absolute atomic E-state index is 0. The van der Waals surface area contributed by atoms with Crippen molar-refractivity contribution < 1.29 is 27.5 Å². The zero-order chi connectivity index (χ0) is 19.6. The molecule has 0 atom stereocenters. The highest BCUT2D eigenvalue weighted by Gasteiger charge is 2.24. The van der Waals surface area contributed by atoms with Gasteiger partial charge in [-0.3, -0.25) is 9.59 Å². The average molecular weight is 428 g/mol. The molecule has 4 N–H and O–H groups in total. The summed E-state index contributed by atoms with van der Waals surface area (Å²) < 4.78 is 32.5. The minimum Gasteiger partial charge on any atom is -0.480 e. The van der Waals surface area contributed by atoms with Gasteiger partial charge >= 0.3 is 0 Å². The number of nitrogen functional groups attached to an aromatic ring is 1. The predicted molar refractivity (Wildman–Crippen MR) is 105 cm³/mol. The summed E-state index contributed by atoms with van der Waals surface area (Å²) in [5.41, 5.74) is 7.12. The molecule has 0 aliphatic carbocycles. The molecule has 150 valence electrons. The number of benzene rings is 2. The molecule has 0 radical (unpaired) electrons. The van der Waals surface area contributed by atoms with E-state index in [9.17, 15) is 18.0 Å². The summed E-state index contributed by atoms with van der Waals surface area (Å²) in [5, 5.41) is 5.14. The molecular formula is C17H18ClN3O6S. The number of anilines is 3. The van der Waals surface area contributed by atoms with Gasteiger partial charge in [0.2, 0.25) is 0 Å². The lowest BCUT2D eigenvalue weighted by molar-refractivity contribution is -0.119. The molecule has 2 heterocycles. The number of fused-ring (bicyclic) bond motifs is 2. The first-order chi connectivity index (χ1) is 12.8. The molecule has 0 aromatic heterocycles. The zero-order valence-electron chi connectivity index (χ0n) is 13.7. The number of carbonyl (C=O) groups is 2. The van der Waals surface area contributed by atoms with Crippen LogP contribution >= 0.6 is 10.7 Å². The van der Waals surface area contributed by atoms with Gasteiger partial charge in [-0.25, -0.2) is 8.42 Å². The minimum atomic E-state index is -3.87. The fourth-order valence-corrected chi connectivity index (χ4v) is 3.41. The van der Waals surface area contributed by atoms with Crippen molar-refractivity contribution >= 4 is 48.6 Å². The third-order valence-corrected chi connectivity index (χ3v) is 4.88. The van der Waals surface area contributed by atoms with Crippen LogP contribution < -0.4 is 25.8 Å². The molecule has 11 heteroatoms. The maximum absolute atomic E-state index is 11.2. The lowest BCUT2D eigenvalue weighted by Gasteiger charge is -2.19. The Hall–Kier alpha value is -2.98. The van der Waals surface area contributed by atoms with Crippen molar-refractivity contribution in [3.8, 4) is 11.5 Å². The number of rotatable bonds is 1. The van der Waals surface area contributed by atoms with Crippen LogP contribution in [0, 0.1) is 0 Å².